The van der Waals surface area contributed by atoms with Gasteiger partial charge in [-0.15, -0.1) is 0 Å². The van der Waals surface area contributed by atoms with Crippen LogP contribution in [0.3, 0.4) is 0 Å². The second kappa shape index (κ2) is 7.61. The Morgan fingerprint density at radius 3 is 2.39 bits per heavy atom. The van der Waals surface area contributed by atoms with Crippen molar-refractivity contribution in [2.75, 3.05) is 0 Å². The third-order valence-electron chi connectivity index (χ3n) is 5.90. The fraction of sp³-hybridized carbons (Fsp3) is 0.400. The molecule has 0 radical (unpaired) electrons. The molecule has 4 rings (SSSR count). The number of aromatic hydroxyl groups is 2. The molecule has 31 heavy (non-hydrogen) atoms. The fourth-order valence-corrected chi connectivity index (χ4v) is 4.11. The van der Waals surface area contributed by atoms with Crippen LogP contribution in [0, 0.1) is 0 Å². The Labute approximate surface area is 181 Å². The predicted molar refractivity (Wildman–Crippen MR) is 116 cm³/mol. The van der Waals surface area contributed by atoms with Gasteiger partial charge in [0.05, 0.1) is 12.0 Å². The molecule has 0 bridgehead atoms. The van der Waals surface area contributed by atoms with Gasteiger partial charge in [-0.05, 0) is 51.8 Å². The first-order valence-electron chi connectivity index (χ1n) is 10.5. The van der Waals surface area contributed by atoms with Gasteiger partial charge in [0.15, 0.2) is 5.78 Å². The van der Waals surface area contributed by atoms with E-state index in [0.717, 1.165) is 11.1 Å². The molecule has 0 aliphatic carbocycles. The molecule has 0 unspecified atom stereocenters. The van der Waals surface area contributed by atoms with E-state index >= 15 is 0 Å². The number of Topliss-reactive ketones (excluding diaryl/α,β-unsaturated/α-hetero) is 1. The molecule has 0 fully saturated rings. The Morgan fingerprint density at radius 1 is 1.10 bits per heavy atom. The quantitative estimate of drug-likeness (QED) is 0.630. The Hall–Kier alpha value is -2.99. The molecule has 0 saturated carbocycles. The number of aliphatic hydroxyl groups is 1. The maximum absolute atomic E-state index is 13.1. The van der Waals surface area contributed by atoms with E-state index in [0.29, 0.717) is 35.5 Å². The molecule has 2 heterocycles. The van der Waals surface area contributed by atoms with Gasteiger partial charge in [-0.3, -0.25) is 4.79 Å². The number of hydrogen-bond acceptors (Lipinski definition) is 6. The van der Waals surface area contributed by atoms with E-state index in [1.54, 1.807) is 38.1 Å². The van der Waals surface area contributed by atoms with Crippen molar-refractivity contribution in [3.8, 4) is 23.0 Å². The molecule has 2 atom stereocenters. The van der Waals surface area contributed by atoms with Gasteiger partial charge in [-0.25, -0.2) is 0 Å². The molecular formula is C25H28O6. The summed E-state index contributed by atoms with van der Waals surface area (Å²) in [5.41, 5.74) is 2.19. The number of rotatable bonds is 4. The van der Waals surface area contributed by atoms with Crippen LogP contribution < -0.4 is 9.47 Å². The normalized spacial score (nSPS) is 19.8. The second-order valence-electron chi connectivity index (χ2n) is 9.11. The lowest BCUT2D eigenvalue weighted by molar-refractivity contribution is -0.0233. The van der Waals surface area contributed by atoms with Crippen molar-refractivity contribution in [2.45, 2.75) is 64.8 Å². The van der Waals surface area contributed by atoms with E-state index in [1.807, 2.05) is 19.9 Å². The van der Waals surface area contributed by atoms with Crippen molar-refractivity contribution in [2.24, 2.45) is 0 Å². The number of benzene rings is 2. The summed E-state index contributed by atoms with van der Waals surface area (Å²) in [5, 5.41) is 31.1. The number of fused-ring (bicyclic) bond motifs is 2. The van der Waals surface area contributed by atoms with E-state index in [-0.39, 0.29) is 29.3 Å². The Kier molecular flexibility index (Phi) is 5.21. The maximum Gasteiger partial charge on any atom is 0.174 e. The van der Waals surface area contributed by atoms with E-state index in [1.165, 1.54) is 0 Å². The van der Waals surface area contributed by atoms with Gasteiger partial charge in [-0.2, -0.15) is 0 Å². The van der Waals surface area contributed by atoms with Crippen LogP contribution in [0.2, 0.25) is 0 Å². The monoisotopic (exact) mass is 424 g/mol. The topological polar surface area (TPSA) is 96.2 Å². The second-order valence-corrected chi connectivity index (χ2v) is 9.11. The molecule has 2 aliphatic heterocycles. The van der Waals surface area contributed by atoms with Crippen molar-refractivity contribution < 1.29 is 29.6 Å². The Morgan fingerprint density at radius 2 is 1.77 bits per heavy atom. The minimum Gasteiger partial charge on any atom is -0.508 e. The highest BCUT2D eigenvalue weighted by molar-refractivity contribution is 6.04. The van der Waals surface area contributed by atoms with Gasteiger partial charge < -0.3 is 24.8 Å². The number of phenolic OH excluding ortho intramolecular Hbond substituents is 2. The molecule has 6 heteroatoms. The van der Waals surface area contributed by atoms with E-state index in [9.17, 15) is 20.1 Å². The van der Waals surface area contributed by atoms with Crippen LogP contribution in [0.1, 0.15) is 67.3 Å². The highest BCUT2D eigenvalue weighted by atomic mass is 16.5. The van der Waals surface area contributed by atoms with E-state index < -0.39 is 17.8 Å². The van der Waals surface area contributed by atoms with E-state index in [4.69, 9.17) is 9.47 Å². The molecule has 0 aromatic heterocycles. The fourth-order valence-electron chi connectivity index (χ4n) is 4.11. The van der Waals surface area contributed by atoms with Crippen LogP contribution in [0.5, 0.6) is 23.0 Å². The van der Waals surface area contributed by atoms with Gasteiger partial charge in [-0.1, -0.05) is 23.8 Å². The third kappa shape index (κ3) is 3.88. The third-order valence-corrected chi connectivity index (χ3v) is 5.90. The lowest BCUT2D eigenvalue weighted by atomic mass is 9.88. The van der Waals surface area contributed by atoms with Crippen LogP contribution >= 0.6 is 0 Å². The van der Waals surface area contributed by atoms with Crippen LogP contribution in [0.15, 0.2) is 35.9 Å². The molecule has 0 saturated heterocycles. The van der Waals surface area contributed by atoms with Crippen molar-refractivity contribution in [1.29, 1.82) is 0 Å². The van der Waals surface area contributed by atoms with Crippen molar-refractivity contribution in [3.05, 3.63) is 58.2 Å². The molecule has 2 aromatic rings. The highest BCUT2D eigenvalue weighted by Gasteiger charge is 2.42. The Balaban J connectivity index is 1.85. The number of ketones is 1. The molecule has 3 N–H and O–H groups in total. The molecule has 2 aliphatic rings. The number of carbonyl (C=O) groups excluding carboxylic acids is 1. The summed E-state index contributed by atoms with van der Waals surface area (Å²) in [6.07, 6.45) is 1.82. The summed E-state index contributed by atoms with van der Waals surface area (Å²) in [6, 6.07) is 6.56. The van der Waals surface area contributed by atoms with Crippen molar-refractivity contribution >= 4 is 5.78 Å². The van der Waals surface area contributed by atoms with Gasteiger partial charge in [0.25, 0.3) is 0 Å². The number of phenols is 2. The summed E-state index contributed by atoms with van der Waals surface area (Å²) in [7, 11) is 0. The molecule has 0 spiro atoms. The number of ether oxygens (including phenoxy) is 2. The minimum atomic E-state index is -1.11. The van der Waals surface area contributed by atoms with Crippen LogP contribution in [0.25, 0.3) is 0 Å². The molecular weight excluding hydrogens is 396 g/mol. The molecule has 6 nitrogen and oxygen atoms in total. The Bertz CT molecular complexity index is 1060. The van der Waals surface area contributed by atoms with Crippen LogP contribution in [-0.2, 0) is 12.8 Å². The number of carbonyl (C=O) groups is 1. The van der Waals surface area contributed by atoms with Gasteiger partial charge in [0, 0.05) is 17.5 Å². The zero-order chi connectivity index (χ0) is 22.5. The largest absolute Gasteiger partial charge is 0.508 e. The standard InChI is InChI=1S/C25H28O6/c1-13(2)5-10-16-23-17(11-20(31-23)25(3,4)29)22(28)21-18(27)12-19(30-24(16)21)14-6-8-15(26)9-7-14/h5-9,19-20,26,28-29H,10-12H2,1-4H3/t19-,20-/m0/s1. The van der Waals surface area contributed by atoms with Crippen LogP contribution in [0.4, 0.5) is 0 Å². The molecule has 164 valence electrons. The summed E-state index contributed by atoms with van der Waals surface area (Å²) in [4.78, 5) is 13.1. The summed E-state index contributed by atoms with van der Waals surface area (Å²) < 4.78 is 12.4. The highest BCUT2D eigenvalue weighted by Crippen LogP contribution is 2.52. The minimum absolute atomic E-state index is 0.0853. The maximum atomic E-state index is 13.1. The van der Waals surface area contributed by atoms with E-state index in [2.05, 4.69) is 0 Å². The summed E-state index contributed by atoms with van der Waals surface area (Å²) in [5.74, 6) is 0.633. The van der Waals surface area contributed by atoms with Gasteiger partial charge >= 0.3 is 0 Å². The number of hydrogen-bond donors (Lipinski definition) is 3. The van der Waals surface area contributed by atoms with Crippen molar-refractivity contribution in [1.82, 2.24) is 0 Å². The lowest BCUT2D eigenvalue weighted by Crippen LogP contribution is -2.39. The molecule has 0 amide bonds. The number of allylic oxidation sites excluding steroid dienone is 2. The predicted octanol–water partition coefficient (Wildman–Crippen LogP) is 4.39. The first-order valence-corrected chi connectivity index (χ1v) is 10.5. The summed E-state index contributed by atoms with van der Waals surface area (Å²) in [6.45, 7) is 7.30. The SMILES string of the molecule is CC(C)=CCc1c2c(c(O)c3c1O[C@H](c1ccc(O)cc1)CC3=O)C[C@@H](C(C)(C)O)O2. The van der Waals surface area contributed by atoms with Crippen LogP contribution in [-0.4, -0.2) is 32.8 Å². The smallest absolute Gasteiger partial charge is 0.174 e. The first-order chi connectivity index (χ1) is 14.6. The summed E-state index contributed by atoms with van der Waals surface area (Å²) >= 11 is 0. The zero-order valence-corrected chi connectivity index (χ0v) is 18.2. The average molecular weight is 424 g/mol. The zero-order valence-electron chi connectivity index (χ0n) is 18.2. The van der Waals surface area contributed by atoms with Crippen molar-refractivity contribution in [3.63, 3.8) is 0 Å². The average Bonchev–Trinajstić information content (AvgIpc) is 3.14. The van der Waals surface area contributed by atoms with Gasteiger partial charge in [0.1, 0.15) is 40.8 Å². The lowest BCUT2D eigenvalue weighted by Gasteiger charge is -2.29. The molecule has 2 aromatic carbocycles. The van der Waals surface area contributed by atoms with Gasteiger partial charge in [0.2, 0.25) is 0 Å². The first kappa shape index (κ1) is 21.2.